The van der Waals surface area contributed by atoms with Crippen LogP contribution in [0.5, 0.6) is 0 Å². The lowest BCUT2D eigenvalue weighted by atomic mass is 10.1. The molecule has 0 saturated heterocycles. The summed E-state index contributed by atoms with van der Waals surface area (Å²) >= 11 is 0. The molecule has 5 aromatic carbocycles. The van der Waals surface area contributed by atoms with E-state index in [1.165, 1.54) is 126 Å². The van der Waals surface area contributed by atoms with Crippen molar-refractivity contribution in [3.8, 4) is 0 Å². The molecule has 12 N–H and O–H groups in total. The number of carbonyl (C=O) groups is 12. The van der Waals surface area contributed by atoms with E-state index in [0.717, 1.165) is 0 Å². The van der Waals surface area contributed by atoms with Crippen LogP contribution in [0.2, 0.25) is 0 Å². The van der Waals surface area contributed by atoms with E-state index in [0.29, 0.717) is 0 Å². The molecule has 0 aromatic heterocycles. The van der Waals surface area contributed by atoms with Gasteiger partial charge in [-0.3, -0.25) is 47.9 Å². The van der Waals surface area contributed by atoms with Crippen molar-refractivity contribution in [2.24, 2.45) is 0 Å². The van der Waals surface area contributed by atoms with Crippen LogP contribution in [0.3, 0.4) is 0 Å². The SMILES string of the molecule is Cc1c(NC(=O)C(=O)O)cccc1NC(=O)C(=O)Nc1cccc(NC(=O)C(=O)Nc2cccc(NC(=O)C(=O)Nc3cccc(NC(=O)C(=O)Nc4cccc(NC(=O)C(=O)O)c4C)c3C)c2C)c1C. The lowest BCUT2D eigenvalue weighted by Crippen LogP contribution is -2.31. The Bertz CT molecular complexity index is 2910. The Morgan fingerprint density at radius 1 is 0.239 bits per heavy atom. The minimum atomic E-state index is -1.73. The normalized spacial score (nSPS) is 10.3. The predicted octanol–water partition coefficient (Wildman–Crippen LogP) is 3.58. The van der Waals surface area contributed by atoms with E-state index in [-0.39, 0.29) is 84.7 Å². The van der Waals surface area contributed by atoms with Gasteiger partial charge < -0.3 is 63.4 Å². The van der Waals surface area contributed by atoms with Gasteiger partial charge in [0.15, 0.2) is 0 Å². The first-order valence-corrected chi connectivity index (χ1v) is 20.6. The van der Waals surface area contributed by atoms with Gasteiger partial charge in [0.2, 0.25) is 0 Å². The zero-order valence-corrected chi connectivity index (χ0v) is 38.0. The second-order valence-corrected chi connectivity index (χ2v) is 15.0. The Balaban J connectivity index is 1.16. The molecule has 0 aliphatic rings. The van der Waals surface area contributed by atoms with Crippen LogP contribution >= 0.6 is 0 Å². The molecule has 0 saturated carbocycles. The van der Waals surface area contributed by atoms with E-state index in [1.54, 1.807) is 0 Å². The molecule has 0 atom stereocenters. The van der Waals surface area contributed by atoms with Gasteiger partial charge >= 0.3 is 71.0 Å². The number of hydrogen-bond acceptors (Lipinski definition) is 12. The van der Waals surface area contributed by atoms with Gasteiger partial charge in [0.05, 0.1) is 0 Å². The molecule has 5 rings (SSSR count). The van der Waals surface area contributed by atoms with Crippen molar-refractivity contribution >= 4 is 128 Å². The van der Waals surface area contributed by atoms with Crippen LogP contribution in [0.15, 0.2) is 91.0 Å². The van der Waals surface area contributed by atoms with Crippen molar-refractivity contribution in [3.63, 3.8) is 0 Å². The summed E-state index contributed by atoms with van der Waals surface area (Å²) < 4.78 is 0. The van der Waals surface area contributed by atoms with Gasteiger partial charge in [-0.05, 0) is 123 Å². The highest BCUT2D eigenvalue weighted by Gasteiger charge is 2.24. The maximum Gasteiger partial charge on any atom is 0.394 e. The first-order chi connectivity index (χ1) is 33.6. The Hall–Kier alpha value is -10.3. The smallest absolute Gasteiger partial charge is 0.394 e. The van der Waals surface area contributed by atoms with Crippen molar-refractivity contribution in [1.82, 2.24) is 0 Å². The molecule has 24 nitrogen and oxygen atoms in total. The fourth-order valence-corrected chi connectivity index (χ4v) is 6.32. The van der Waals surface area contributed by atoms with Gasteiger partial charge in [0, 0.05) is 56.9 Å². The van der Waals surface area contributed by atoms with Gasteiger partial charge in [-0.15, -0.1) is 0 Å². The standard InChI is InChI=1S/C47H42N10O14/c1-21-26(48-36(58)38(60)50-28-13-7-15-30(22(28)2)52-40(62)42(64)54-32-17-9-19-34(24(32)4)56-44(66)46(68)69)11-6-12-27(21)49-37(59)39(61)51-29-14-8-16-31(23(29)3)53-41(63)43(65)55-33-18-10-20-35(25(33)5)57-45(67)47(70)71/h6-20H,1-5H3,(H,48,58)(H,49,59)(H,50,60)(H,51,61)(H,52,62)(H,53,63)(H,54,64)(H,55,65)(H,56,66)(H,57,67)(H,68,69)(H,70,71). The number of nitrogens with one attached hydrogen (secondary N) is 10. The number of benzene rings is 5. The quantitative estimate of drug-likeness (QED) is 0.0891. The summed E-state index contributed by atoms with van der Waals surface area (Å²) in [5, 5.41) is 41.4. The summed E-state index contributed by atoms with van der Waals surface area (Å²) in [6, 6.07) is 21.3. The molecular weight excluding hydrogens is 929 g/mol. The highest BCUT2D eigenvalue weighted by atomic mass is 16.4. The van der Waals surface area contributed by atoms with Crippen LogP contribution < -0.4 is 53.2 Å². The number of carbonyl (C=O) groups excluding carboxylic acids is 10. The fraction of sp³-hybridized carbons (Fsp3) is 0.106. The molecule has 10 amide bonds. The molecule has 71 heavy (non-hydrogen) atoms. The third-order valence-corrected chi connectivity index (χ3v) is 10.4. The average molecular weight is 971 g/mol. The Labute approximate surface area is 401 Å². The minimum Gasteiger partial charge on any atom is -0.474 e. The number of carboxylic acid groups (broad SMARTS) is 2. The highest BCUT2D eigenvalue weighted by molar-refractivity contribution is 6.46. The van der Waals surface area contributed by atoms with Gasteiger partial charge in [-0.2, -0.15) is 0 Å². The van der Waals surface area contributed by atoms with Crippen molar-refractivity contribution in [1.29, 1.82) is 0 Å². The topological polar surface area (TPSA) is 366 Å². The van der Waals surface area contributed by atoms with E-state index in [1.807, 2.05) is 0 Å². The van der Waals surface area contributed by atoms with Gasteiger partial charge in [0.1, 0.15) is 0 Å². The molecule has 0 spiro atoms. The van der Waals surface area contributed by atoms with Crippen LogP contribution in [0.4, 0.5) is 56.9 Å². The molecule has 5 aromatic rings. The number of hydrogen-bond donors (Lipinski definition) is 12. The fourth-order valence-electron chi connectivity index (χ4n) is 6.32. The molecule has 0 unspecified atom stereocenters. The maximum absolute atomic E-state index is 13.1. The van der Waals surface area contributed by atoms with Gasteiger partial charge in [-0.1, -0.05) is 30.3 Å². The molecule has 364 valence electrons. The molecule has 0 heterocycles. The van der Waals surface area contributed by atoms with E-state index >= 15 is 0 Å². The first-order valence-electron chi connectivity index (χ1n) is 20.6. The minimum absolute atomic E-state index is 0.0771. The van der Waals surface area contributed by atoms with Crippen LogP contribution in [0.1, 0.15) is 27.8 Å². The highest BCUT2D eigenvalue weighted by Crippen LogP contribution is 2.28. The van der Waals surface area contributed by atoms with Crippen molar-refractivity contribution in [2.45, 2.75) is 34.6 Å². The molecule has 0 aliphatic heterocycles. The molecule has 0 aliphatic carbocycles. The monoisotopic (exact) mass is 970 g/mol. The van der Waals surface area contributed by atoms with Crippen molar-refractivity contribution in [2.75, 3.05) is 53.2 Å². The number of aliphatic carboxylic acids is 2. The summed E-state index contributed by atoms with van der Waals surface area (Å²) in [6.45, 7) is 7.43. The summed E-state index contributed by atoms with van der Waals surface area (Å²) in [7, 11) is 0. The zero-order chi connectivity index (χ0) is 52.3. The number of anilines is 10. The Kier molecular flexibility index (Phi) is 16.4. The molecule has 0 bridgehead atoms. The molecular formula is C47H42N10O14. The molecule has 0 radical (unpaired) electrons. The van der Waals surface area contributed by atoms with E-state index < -0.39 is 71.0 Å². The number of amides is 10. The largest absolute Gasteiger partial charge is 0.474 e. The van der Waals surface area contributed by atoms with Crippen molar-refractivity contribution in [3.05, 3.63) is 119 Å². The number of rotatable bonds is 10. The second kappa shape index (κ2) is 22.5. The van der Waals surface area contributed by atoms with Crippen LogP contribution in [0.25, 0.3) is 0 Å². The number of carboxylic acids is 2. The molecule has 24 heteroatoms. The van der Waals surface area contributed by atoms with E-state index in [2.05, 4.69) is 53.2 Å². The summed E-state index contributed by atoms with van der Waals surface area (Å²) in [4.78, 5) is 149. The summed E-state index contributed by atoms with van der Waals surface area (Å²) in [5.41, 5.74) is 2.15. The Morgan fingerprint density at radius 3 is 0.465 bits per heavy atom. The van der Waals surface area contributed by atoms with Gasteiger partial charge in [0.25, 0.3) is 0 Å². The second-order valence-electron chi connectivity index (χ2n) is 15.0. The van der Waals surface area contributed by atoms with Crippen LogP contribution in [-0.4, -0.2) is 81.2 Å². The lowest BCUT2D eigenvalue weighted by Gasteiger charge is -2.16. The summed E-state index contributed by atoms with van der Waals surface area (Å²) in [5.74, 6) is -15.2. The van der Waals surface area contributed by atoms with E-state index in [4.69, 9.17) is 10.2 Å². The molecule has 0 fully saturated rings. The third-order valence-electron chi connectivity index (χ3n) is 10.4. The maximum atomic E-state index is 13.1. The third kappa shape index (κ3) is 13.0. The predicted molar refractivity (Wildman–Crippen MR) is 257 cm³/mol. The Morgan fingerprint density at radius 2 is 0.352 bits per heavy atom. The van der Waals surface area contributed by atoms with Crippen LogP contribution in [0, 0.1) is 34.6 Å². The summed E-state index contributed by atoms with van der Waals surface area (Å²) in [6.07, 6.45) is 0. The lowest BCUT2D eigenvalue weighted by molar-refractivity contribution is -0.147. The van der Waals surface area contributed by atoms with Gasteiger partial charge in [-0.25, -0.2) is 9.59 Å². The van der Waals surface area contributed by atoms with E-state index in [9.17, 15) is 57.5 Å². The average Bonchev–Trinajstić information content (AvgIpc) is 3.32. The zero-order valence-electron chi connectivity index (χ0n) is 38.0. The van der Waals surface area contributed by atoms with Crippen LogP contribution in [-0.2, 0) is 57.5 Å². The van der Waals surface area contributed by atoms with Crippen molar-refractivity contribution < 1.29 is 67.7 Å². The first kappa shape index (κ1) is 51.7.